The third-order valence-electron chi connectivity index (χ3n) is 11.6. The molecule has 58 heavy (non-hydrogen) atoms. The first kappa shape index (κ1) is 32.8. The molecule has 0 spiro atoms. The number of fused-ring (bicyclic) bond motifs is 9. The van der Waals surface area contributed by atoms with Gasteiger partial charge in [0.15, 0.2) is 5.58 Å². The number of furan rings is 1. The first-order chi connectivity index (χ1) is 28.8. The fourth-order valence-electron chi connectivity index (χ4n) is 8.92. The topological polar surface area (TPSA) is 21.3 Å². The molecule has 0 saturated carbocycles. The van der Waals surface area contributed by atoms with Gasteiger partial charge in [-0.25, -0.2) is 0 Å². The number of para-hydroxylation sites is 4. The molecule has 0 bridgehead atoms. The van der Waals surface area contributed by atoms with Gasteiger partial charge in [-0.15, -0.1) is 11.3 Å². The standard InChI is InChI=1S/C54H34N2OS/c1-2-13-35(14-3-1)36-25-29-38(30-26-36)55(50-22-12-19-45-43-17-6-10-23-51(43)57-53(45)50)39-31-27-37(28-32-39)46-33-40(34-47-44-18-7-11-24-52(44)58-54(46)47)56-48-20-8-4-15-41(48)42-16-5-9-21-49(42)56/h1-34H. The van der Waals surface area contributed by atoms with E-state index in [4.69, 9.17) is 4.42 Å². The van der Waals surface area contributed by atoms with Crippen LogP contribution in [0.25, 0.3) is 91.9 Å². The van der Waals surface area contributed by atoms with Crippen molar-refractivity contribution in [3.63, 3.8) is 0 Å². The average molecular weight is 759 g/mol. The zero-order valence-electron chi connectivity index (χ0n) is 31.3. The van der Waals surface area contributed by atoms with Gasteiger partial charge in [0.25, 0.3) is 0 Å². The maximum atomic E-state index is 6.64. The van der Waals surface area contributed by atoms with E-state index in [1.807, 2.05) is 17.4 Å². The van der Waals surface area contributed by atoms with Crippen LogP contribution >= 0.6 is 11.3 Å². The highest BCUT2D eigenvalue weighted by atomic mass is 32.1. The van der Waals surface area contributed by atoms with E-state index < -0.39 is 0 Å². The van der Waals surface area contributed by atoms with Gasteiger partial charge < -0.3 is 13.9 Å². The van der Waals surface area contributed by atoms with E-state index in [1.165, 1.54) is 64.2 Å². The molecule has 0 aliphatic carbocycles. The number of aromatic nitrogens is 1. The zero-order chi connectivity index (χ0) is 38.2. The van der Waals surface area contributed by atoms with Crippen LogP contribution in [0.5, 0.6) is 0 Å². The number of benzene rings is 9. The Morgan fingerprint density at radius 1 is 0.414 bits per heavy atom. The van der Waals surface area contributed by atoms with Crippen molar-refractivity contribution in [3.8, 4) is 27.9 Å². The molecule has 12 rings (SSSR count). The molecule has 3 heterocycles. The first-order valence-electron chi connectivity index (χ1n) is 19.7. The molecule has 0 fully saturated rings. The molecule has 0 radical (unpaired) electrons. The summed E-state index contributed by atoms with van der Waals surface area (Å²) >= 11 is 1.87. The van der Waals surface area contributed by atoms with Gasteiger partial charge in [-0.2, -0.15) is 0 Å². The molecule has 0 aliphatic rings. The summed E-state index contributed by atoms with van der Waals surface area (Å²) in [5.41, 5.74) is 13.2. The van der Waals surface area contributed by atoms with Crippen molar-refractivity contribution < 1.29 is 4.42 Å². The van der Waals surface area contributed by atoms with Crippen LogP contribution in [0.15, 0.2) is 211 Å². The highest BCUT2D eigenvalue weighted by Crippen LogP contribution is 2.46. The molecule has 0 atom stereocenters. The second-order valence-electron chi connectivity index (χ2n) is 14.9. The molecular weight excluding hydrogens is 725 g/mol. The second-order valence-corrected chi connectivity index (χ2v) is 15.9. The lowest BCUT2D eigenvalue weighted by Gasteiger charge is -2.26. The molecule has 3 aromatic heterocycles. The van der Waals surface area contributed by atoms with Gasteiger partial charge in [0.2, 0.25) is 0 Å². The fourth-order valence-corrected chi connectivity index (χ4v) is 10.1. The van der Waals surface area contributed by atoms with Crippen LogP contribution in [0.2, 0.25) is 0 Å². The van der Waals surface area contributed by atoms with Crippen molar-refractivity contribution in [2.45, 2.75) is 0 Å². The third-order valence-corrected chi connectivity index (χ3v) is 12.8. The molecule has 0 amide bonds. The summed E-state index contributed by atoms with van der Waals surface area (Å²) < 4.78 is 11.7. The maximum Gasteiger partial charge on any atom is 0.159 e. The van der Waals surface area contributed by atoms with Crippen LogP contribution in [0.3, 0.4) is 0 Å². The highest BCUT2D eigenvalue weighted by molar-refractivity contribution is 7.26. The lowest BCUT2D eigenvalue weighted by atomic mass is 10.0. The smallest absolute Gasteiger partial charge is 0.159 e. The second kappa shape index (κ2) is 13.1. The molecule has 0 N–H and O–H groups in total. The summed E-state index contributed by atoms with van der Waals surface area (Å²) in [4.78, 5) is 2.33. The Hall–Kier alpha value is -7.40. The van der Waals surface area contributed by atoms with E-state index >= 15 is 0 Å². The first-order valence-corrected chi connectivity index (χ1v) is 20.5. The summed E-state index contributed by atoms with van der Waals surface area (Å²) in [6, 6.07) is 74.3. The molecule has 3 nitrogen and oxygen atoms in total. The molecular formula is C54H34N2OS. The van der Waals surface area contributed by atoms with E-state index in [0.717, 1.165) is 44.7 Å². The van der Waals surface area contributed by atoms with Gasteiger partial charge in [0, 0.05) is 64.3 Å². The van der Waals surface area contributed by atoms with Crippen molar-refractivity contribution in [1.82, 2.24) is 4.57 Å². The van der Waals surface area contributed by atoms with Gasteiger partial charge in [0.05, 0.1) is 16.7 Å². The van der Waals surface area contributed by atoms with Crippen molar-refractivity contribution in [3.05, 3.63) is 206 Å². The Morgan fingerprint density at radius 3 is 1.71 bits per heavy atom. The Balaban J connectivity index is 1.05. The molecule has 0 saturated heterocycles. The molecule has 9 aromatic carbocycles. The number of nitrogens with zero attached hydrogens (tertiary/aromatic N) is 2. The highest BCUT2D eigenvalue weighted by Gasteiger charge is 2.21. The average Bonchev–Trinajstić information content (AvgIpc) is 3.97. The van der Waals surface area contributed by atoms with Crippen LogP contribution in [0, 0.1) is 0 Å². The predicted molar refractivity (Wildman–Crippen MR) is 247 cm³/mol. The van der Waals surface area contributed by atoms with E-state index in [9.17, 15) is 0 Å². The summed E-state index contributed by atoms with van der Waals surface area (Å²) in [5, 5.41) is 7.29. The van der Waals surface area contributed by atoms with Gasteiger partial charge in [-0.05, 0) is 83.4 Å². The van der Waals surface area contributed by atoms with E-state index in [2.05, 4.69) is 210 Å². The van der Waals surface area contributed by atoms with E-state index in [0.29, 0.717) is 0 Å². The predicted octanol–water partition coefficient (Wildman–Crippen LogP) is 15.9. The Kier molecular flexibility index (Phi) is 7.40. The van der Waals surface area contributed by atoms with Gasteiger partial charge in [-0.1, -0.05) is 140 Å². The van der Waals surface area contributed by atoms with Crippen LogP contribution < -0.4 is 4.90 Å². The lowest BCUT2D eigenvalue weighted by molar-refractivity contribution is 0.669. The Bertz CT molecular complexity index is 3450. The molecule has 0 aliphatic heterocycles. The van der Waals surface area contributed by atoms with E-state index in [1.54, 1.807) is 0 Å². The van der Waals surface area contributed by atoms with Crippen LogP contribution in [-0.2, 0) is 0 Å². The molecule has 272 valence electrons. The minimum Gasteiger partial charge on any atom is -0.454 e. The van der Waals surface area contributed by atoms with Crippen molar-refractivity contribution in [2.24, 2.45) is 0 Å². The SMILES string of the molecule is c1ccc(-c2ccc(N(c3ccc(-c4cc(-n5c6ccccc6c6ccccc65)cc5c4sc4ccccc45)cc3)c3cccc4c3oc3ccccc34)cc2)cc1. The third kappa shape index (κ3) is 5.12. The van der Waals surface area contributed by atoms with Gasteiger partial charge in [0.1, 0.15) is 5.58 Å². The molecule has 4 heteroatoms. The van der Waals surface area contributed by atoms with Crippen molar-refractivity contribution in [1.29, 1.82) is 0 Å². The van der Waals surface area contributed by atoms with Gasteiger partial charge in [-0.3, -0.25) is 0 Å². The van der Waals surface area contributed by atoms with Crippen molar-refractivity contribution >= 4 is 92.3 Å². The molecule has 12 aromatic rings. The monoisotopic (exact) mass is 758 g/mol. The molecule has 0 unspecified atom stereocenters. The van der Waals surface area contributed by atoms with Crippen molar-refractivity contribution in [2.75, 3.05) is 4.90 Å². The minimum absolute atomic E-state index is 0.866. The van der Waals surface area contributed by atoms with E-state index in [-0.39, 0.29) is 0 Å². The summed E-state index contributed by atoms with van der Waals surface area (Å²) in [6.45, 7) is 0. The number of hydrogen-bond donors (Lipinski definition) is 0. The zero-order valence-corrected chi connectivity index (χ0v) is 32.2. The summed E-state index contributed by atoms with van der Waals surface area (Å²) in [7, 11) is 0. The minimum atomic E-state index is 0.866. The maximum absolute atomic E-state index is 6.64. The van der Waals surface area contributed by atoms with Crippen LogP contribution in [0.1, 0.15) is 0 Å². The number of anilines is 3. The normalized spacial score (nSPS) is 11.8. The fraction of sp³-hybridized carbons (Fsp3) is 0. The van der Waals surface area contributed by atoms with Crippen LogP contribution in [0.4, 0.5) is 17.1 Å². The lowest BCUT2D eigenvalue weighted by Crippen LogP contribution is -2.10. The van der Waals surface area contributed by atoms with Crippen LogP contribution in [-0.4, -0.2) is 4.57 Å². The summed E-state index contributed by atoms with van der Waals surface area (Å²) in [5.74, 6) is 0. The Labute approximate surface area is 338 Å². The summed E-state index contributed by atoms with van der Waals surface area (Å²) in [6.07, 6.45) is 0. The quantitative estimate of drug-likeness (QED) is 0.168. The Morgan fingerprint density at radius 2 is 0.983 bits per heavy atom. The number of hydrogen-bond acceptors (Lipinski definition) is 3. The van der Waals surface area contributed by atoms with Gasteiger partial charge >= 0.3 is 0 Å². The largest absolute Gasteiger partial charge is 0.454 e. The number of rotatable bonds is 6. The number of thiophene rings is 1.